The van der Waals surface area contributed by atoms with Crippen LogP contribution < -0.4 is 10.1 Å². The number of methoxy groups -OCH3 is 1. The molecule has 0 aliphatic heterocycles. The van der Waals surface area contributed by atoms with Crippen LogP contribution in [0.15, 0.2) is 24.3 Å². The fraction of sp³-hybridized carbons (Fsp3) is 0.667. The van der Waals surface area contributed by atoms with Gasteiger partial charge in [-0.05, 0) is 64.8 Å². The van der Waals surface area contributed by atoms with E-state index >= 15 is 0 Å². The molecule has 0 heterocycles. The lowest BCUT2D eigenvalue weighted by molar-refractivity contribution is 0.00682. The number of ether oxygens (including phenoxy) is 2. The van der Waals surface area contributed by atoms with Gasteiger partial charge in [-0.1, -0.05) is 19.1 Å². The van der Waals surface area contributed by atoms with Crippen LogP contribution in [0.3, 0.4) is 0 Å². The molecule has 1 aromatic carbocycles. The van der Waals surface area contributed by atoms with Crippen LogP contribution in [-0.4, -0.2) is 25.4 Å². The summed E-state index contributed by atoms with van der Waals surface area (Å²) in [6.45, 7) is 11.5. The Bertz CT molecular complexity index is 415. The van der Waals surface area contributed by atoms with Crippen molar-refractivity contribution in [2.24, 2.45) is 0 Å². The van der Waals surface area contributed by atoms with E-state index in [4.69, 9.17) is 9.47 Å². The fourth-order valence-corrected chi connectivity index (χ4v) is 2.28. The molecule has 0 saturated heterocycles. The van der Waals surface area contributed by atoms with Crippen molar-refractivity contribution in [1.82, 2.24) is 5.32 Å². The maximum Gasteiger partial charge on any atom is 0.120 e. The average molecular weight is 293 g/mol. The Hall–Kier alpha value is -1.06. The quantitative estimate of drug-likeness (QED) is 0.735. The number of rotatable bonds is 9. The van der Waals surface area contributed by atoms with Crippen molar-refractivity contribution >= 4 is 0 Å². The molecule has 1 rings (SSSR count). The molecule has 21 heavy (non-hydrogen) atoms. The highest BCUT2D eigenvalue weighted by molar-refractivity contribution is 5.31. The lowest BCUT2D eigenvalue weighted by Gasteiger charge is -2.30. The molecule has 0 amide bonds. The van der Waals surface area contributed by atoms with Crippen molar-refractivity contribution in [3.05, 3.63) is 29.8 Å². The molecule has 1 atom stereocenters. The Morgan fingerprint density at radius 1 is 1.24 bits per heavy atom. The molecule has 1 N–H and O–H groups in total. The standard InChI is InChI=1S/C18H31NO2/c1-7-11-19-17(13-18(4,5)20-6)15-9-8-10-16(12-15)21-14(2)3/h8-10,12,14,17,19H,7,11,13H2,1-6H3. The molecule has 0 spiro atoms. The summed E-state index contributed by atoms with van der Waals surface area (Å²) in [7, 11) is 1.77. The van der Waals surface area contributed by atoms with E-state index in [0.29, 0.717) is 0 Å². The summed E-state index contributed by atoms with van der Waals surface area (Å²) in [5.41, 5.74) is 1.10. The molecule has 0 radical (unpaired) electrons. The highest BCUT2D eigenvalue weighted by Crippen LogP contribution is 2.28. The Morgan fingerprint density at radius 2 is 1.95 bits per heavy atom. The number of hydrogen-bond donors (Lipinski definition) is 1. The van der Waals surface area contributed by atoms with Crippen LogP contribution >= 0.6 is 0 Å². The van der Waals surface area contributed by atoms with Gasteiger partial charge in [0.2, 0.25) is 0 Å². The van der Waals surface area contributed by atoms with Gasteiger partial charge in [-0.15, -0.1) is 0 Å². The number of benzene rings is 1. The van der Waals surface area contributed by atoms with E-state index in [9.17, 15) is 0 Å². The maximum absolute atomic E-state index is 5.81. The second-order valence-corrected chi connectivity index (χ2v) is 6.41. The van der Waals surface area contributed by atoms with Crippen LogP contribution in [0.4, 0.5) is 0 Å². The second kappa shape index (κ2) is 8.40. The summed E-state index contributed by atoms with van der Waals surface area (Å²) in [5, 5.41) is 3.62. The van der Waals surface area contributed by atoms with Crippen LogP contribution in [0.5, 0.6) is 5.75 Å². The number of hydrogen-bond acceptors (Lipinski definition) is 3. The SMILES string of the molecule is CCCNC(CC(C)(C)OC)c1cccc(OC(C)C)c1. The molecular formula is C18H31NO2. The van der Waals surface area contributed by atoms with Crippen LogP contribution in [0.25, 0.3) is 0 Å². The molecule has 3 heteroatoms. The van der Waals surface area contributed by atoms with Crippen molar-refractivity contribution in [2.45, 2.75) is 65.2 Å². The van der Waals surface area contributed by atoms with Crippen molar-refractivity contribution < 1.29 is 9.47 Å². The molecular weight excluding hydrogens is 262 g/mol. The molecule has 3 nitrogen and oxygen atoms in total. The van der Waals surface area contributed by atoms with Crippen LogP contribution in [0.2, 0.25) is 0 Å². The van der Waals surface area contributed by atoms with E-state index in [-0.39, 0.29) is 17.7 Å². The van der Waals surface area contributed by atoms with Gasteiger partial charge in [0.1, 0.15) is 5.75 Å². The molecule has 0 fully saturated rings. The minimum absolute atomic E-state index is 0.152. The van der Waals surface area contributed by atoms with Gasteiger partial charge in [0, 0.05) is 13.2 Å². The minimum atomic E-state index is -0.152. The first-order chi connectivity index (χ1) is 9.88. The zero-order valence-electron chi connectivity index (χ0n) is 14.4. The van der Waals surface area contributed by atoms with Crippen LogP contribution in [-0.2, 0) is 4.74 Å². The molecule has 120 valence electrons. The van der Waals surface area contributed by atoms with Crippen molar-refractivity contribution in [3.8, 4) is 5.75 Å². The summed E-state index contributed by atoms with van der Waals surface area (Å²) >= 11 is 0. The van der Waals surface area contributed by atoms with E-state index in [0.717, 1.165) is 25.1 Å². The van der Waals surface area contributed by atoms with E-state index in [1.165, 1.54) is 5.56 Å². The number of nitrogens with one attached hydrogen (secondary N) is 1. The first kappa shape index (κ1) is 18.0. The van der Waals surface area contributed by atoms with Gasteiger partial charge in [-0.2, -0.15) is 0 Å². The third kappa shape index (κ3) is 6.49. The molecule has 0 saturated carbocycles. The van der Waals surface area contributed by atoms with Crippen LogP contribution in [0, 0.1) is 0 Å². The zero-order chi connectivity index (χ0) is 15.9. The first-order valence-corrected chi connectivity index (χ1v) is 7.93. The largest absolute Gasteiger partial charge is 0.491 e. The smallest absolute Gasteiger partial charge is 0.120 e. The Morgan fingerprint density at radius 3 is 2.52 bits per heavy atom. The highest BCUT2D eigenvalue weighted by atomic mass is 16.5. The van der Waals surface area contributed by atoms with Gasteiger partial charge in [-0.25, -0.2) is 0 Å². The molecule has 1 aromatic rings. The Balaban J connectivity index is 2.91. The van der Waals surface area contributed by atoms with Gasteiger partial charge in [0.25, 0.3) is 0 Å². The fourth-order valence-electron chi connectivity index (χ4n) is 2.28. The third-order valence-electron chi connectivity index (χ3n) is 3.52. The highest BCUT2D eigenvalue weighted by Gasteiger charge is 2.23. The molecule has 0 aliphatic carbocycles. The van der Waals surface area contributed by atoms with Gasteiger partial charge >= 0.3 is 0 Å². The van der Waals surface area contributed by atoms with E-state index in [2.05, 4.69) is 44.3 Å². The summed E-state index contributed by atoms with van der Waals surface area (Å²) in [5.74, 6) is 0.932. The summed E-state index contributed by atoms with van der Waals surface area (Å²) < 4.78 is 11.4. The van der Waals surface area contributed by atoms with Gasteiger partial charge in [0.05, 0.1) is 11.7 Å². The monoisotopic (exact) mass is 293 g/mol. The second-order valence-electron chi connectivity index (χ2n) is 6.41. The van der Waals surface area contributed by atoms with E-state index in [1.54, 1.807) is 7.11 Å². The summed E-state index contributed by atoms with van der Waals surface area (Å²) in [6, 6.07) is 8.65. The van der Waals surface area contributed by atoms with Crippen LogP contribution in [0.1, 0.15) is 59.1 Å². The molecule has 0 bridgehead atoms. The maximum atomic E-state index is 5.81. The molecule has 0 aliphatic rings. The predicted molar refractivity (Wildman–Crippen MR) is 88.9 cm³/mol. The van der Waals surface area contributed by atoms with Crippen molar-refractivity contribution in [2.75, 3.05) is 13.7 Å². The van der Waals surface area contributed by atoms with Crippen molar-refractivity contribution in [3.63, 3.8) is 0 Å². The first-order valence-electron chi connectivity index (χ1n) is 7.93. The lowest BCUT2D eigenvalue weighted by Crippen LogP contribution is -2.32. The van der Waals surface area contributed by atoms with Gasteiger partial charge in [-0.3, -0.25) is 0 Å². The Labute approximate surface area is 130 Å². The van der Waals surface area contributed by atoms with E-state index in [1.807, 2.05) is 19.9 Å². The summed E-state index contributed by atoms with van der Waals surface area (Å²) in [4.78, 5) is 0. The normalized spacial score (nSPS) is 13.5. The predicted octanol–water partition coefficient (Wildman–Crippen LogP) is 4.33. The average Bonchev–Trinajstić information content (AvgIpc) is 2.43. The minimum Gasteiger partial charge on any atom is -0.491 e. The lowest BCUT2D eigenvalue weighted by atomic mass is 9.93. The van der Waals surface area contributed by atoms with Gasteiger partial charge in [0.15, 0.2) is 0 Å². The molecule has 1 unspecified atom stereocenters. The summed E-state index contributed by atoms with van der Waals surface area (Å²) in [6.07, 6.45) is 2.23. The Kier molecular flexibility index (Phi) is 7.20. The third-order valence-corrected chi connectivity index (χ3v) is 3.52. The van der Waals surface area contributed by atoms with Gasteiger partial charge < -0.3 is 14.8 Å². The topological polar surface area (TPSA) is 30.5 Å². The molecule has 0 aromatic heterocycles. The van der Waals surface area contributed by atoms with E-state index < -0.39 is 0 Å². The van der Waals surface area contributed by atoms with Crippen molar-refractivity contribution in [1.29, 1.82) is 0 Å². The zero-order valence-corrected chi connectivity index (χ0v) is 14.4.